The van der Waals surface area contributed by atoms with Crippen LogP contribution in [0.5, 0.6) is 5.75 Å². The van der Waals surface area contributed by atoms with Gasteiger partial charge in [-0.15, -0.1) is 0 Å². The molecule has 1 heterocycles. The van der Waals surface area contributed by atoms with Crippen LogP contribution in [0, 0.1) is 0 Å². The fourth-order valence-electron chi connectivity index (χ4n) is 4.31. The molecule has 172 valence electrons. The van der Waals surface area contributed by atoms with Crippen molar-refractivity contribution in [1.29, 1.82) is 0 Å². The Morgan fingerprint density at radius 2 is 1.67 bits per heavy atom. The molecule has 7 heteroatoms. The molecule has 0 bridgehead atoms. The first-order valence-electron chi connectivity index (χ1n) is 11.0. The van der Waals surface area contributed by atoms with Gasteiger partial charge in [0.25, 0.3) is 15.9 Å². The molecule has 1 amide bonds. The van der Waals surface area contributed by atoms with E-state index in [0.29, 0.717) is 23.5 Å². The quantitative estimate of drug-likeness (QED) is 0.521. The van der Waals surface area contributed by atoms with Crippen LogP contribution in [0.25, 0.3) is 0 Å². The molecule has 0 spiro atoms. The summed E-state index contributed by atoms with van der Waals surface area (Å²) in [5, 5.41) is 0. The van der Waals surface area contributed by atoms with Crippen molar-refractivity contribution in [3.63, 3.8) is 0 Å². The molecule has 1 aliphatic rings. The number of sulfonamides is 1. The lowest BCUT2D eigenvalue weighted by Crippen LogP contribution is -2.36. The Labute approximate surface area is 195 Å². The van der Waals surface area contributed by atoms with Crippen molar-refractivity contribution in [1.82, 2.24) is 4.90 Å². The maximum absolute atomic E-state index is 13.2. The van der Waals surface area contributed by atoms with Gasteiger partial charge < -0.3 is 9.64 Å². The van der Waals surface area contributed by atoms with E-state index in [1.54, 1.807) is 36.4 Å². The Kier molecular flexibility index (Phi) is 6.70. The van der Waals surface area contributed by atoms with Gasteiger partial charge in [0.2, 0.25) is 0 Å². The number of benzene rings is 3. The van der Waals surface area contributed by atoms with Crippen LogP contribution in [0.2, 0.25) is 0 Å². The van der Waals surface area contributed by atoms with Gasteiger partial charge in [0.15, 0.2) is 0 Å². The third-order valence-electron chi connectivity index (χ3n) is 6.14. The lowest BCUT2D eigenvalue weighted by molar-refractivity contribution is 0.0736. The molecule has 0 aromatic heterocycles. The second-order valence-corrected chi connectivity index (χ2v) is 10.1. The molecule has 0 N–H and O–H groups in total. The zero-order valence-corrected chi connectivity index (χ0v) is 19.7. The van der Waals surface area contributed by atoms with Crippen molar-refractivity contribution in [2.75, 3.05) is 25.0 Å². The van der Waals surface area contributed by atoms with E-state index in [2.05, 4.69) is 12.1 Å². The topological polar surface area (TPSA) is 66.9 Å². The third-order valence-corrected chi connectivity index (χ3v) is 7.92. The number of amides is 1. The van der Waals surface area contributed by atoms with Crippen LogP contribution in [-0.4, -0.2) is 46.0 Å². The average molecular weight is 465 g/mol. The van der Waals surface area contributed by atoms with E-state index in [9.17, 15) is 13.2 Å². The summed E-state index contributed by atoms with van der Waals surface area (Å²) in [5.41, 5.74) is 2.15. The highest BCUT2D eigenvalue weighted by molar-refractivity contribution is 7.92. The van der Waals surface area contributed by atoms with Crippen molar-refractivity contribution in [2.45, 2.75) is 30.2 Å². The minimum atomic E-state index is -3.81. The Hall–Kier alpha value is -3.32. The number of hydrogen-bond acceptors (Lipinski definition) is 4. The molecule has 33 heavy (non-hydrogen) atoms. The molecular weight excluding hydrogens is 436 g/mol. The van der Waals surface area contributed by atoms with Crippen LogP contribution in [-0.2, 0) is 16.4 Å². The fourth-order valence-corrected chi connectivity index (χ4v) is 5.52. The predicted octanol–water partition coefficient (Wildman–Crippen LogP) is 4.37. The standard InChI is InChI=1S/C26H28N2O4S/c1-27(24-12-6-7-13-25(24)32-2)33(30,31)23-16-14-21(15-17-23)26(29)28-18-8-11-22(28)19-20-9-4-3-5-10-20/h3-7,9-10,12-17,22H,8,11,18-19H2,1-2H3/t22-/m0/s1. The number of carbonyl (C=O) groups is 1. The number of rotatable bonds is 7. The van der Waals surface area contributed by atoms with Gasteiger partial charge in [-0.25, -0.2) is 8.42 Å². The number of carbonyl (C=O) groups excluding carboxylic acids is 1. The molecule has 1 aliphatic heterocycles. The van der Waals surface area contributed by atoms with Gasteiger partial charge in [0.1, 0.15) is 5.75 Å². The number of hydrogen-bond donors (Lipinski definition) is 0. The van der Waals surface area contributed by atoms with Gasteiger partial charge >= 0.3 is 0 Å². The normalized spacial score (nSPS) is 15.9. The van der Waals surface area contributed by atoms with Gasteiger partial charge in [0, 0.05) is 25.2 Å². The highest BCUT2D eigenvalue weighted by atomic mass is 32.2. The van der Waals surface area contributed by atoms with E-state index >= 15 is 0 Å². The first-order valence-corrected chi connectivity index (χ1v) is 12.4. The molecule has 0 radical (unpaired) electrons. The van der Waals surface area contributed by atoms with E-state index < -0.39 is 10.0 Å². The molecule has 1 saturated heterocycles. The molecule has 4 rings (SSSR count). The molecule has 0 saturated carbocycles. The van der Waals surface area contributed by atoms with Crippen molar-refractivity contribution < 1.29 is 17.9 Å². The van der Waals surface area contributed by atoms with Crippen LogP contribution < -0.4 is 9.04 Å². The van der Waals surface area contributed by atoms with Crippen LogP contribution in [0.4, 0.5) is 5.69 Å². The van der Waals surface area contributed by atoms with Crippen molar-refractivity contribution in [2.24, 2.45) is 0 Å². The fraction of sp³-hybridized carbons (Fsp3) is 0.269. The molecule has 1 fully saturated rings. The summed E-state index contributed by atoms with van der Waals surface area (Å²) >= 11 is 0. The van der Waals surface area contributed by atoms with Crippen molar-refractivity contribution in [3.8, 4) is 5.75 Å². The largest absolute Gasteiger partial charge is 0.495 e. The number of ether oxygens (including phenoxy) is 1. The summed E-state index contributed by atoms with van der Waals surface area (Å²) in [7, 11) is -0.815. The van der Waals surface area contributed by atoms with Gasteiger partial charge in [0.05, 0.1) is 17.7 Å². The van der Waals surface area contributed by atoms with Gasteiger partial charge in [-0.1, -0.05) is 42.5 Å². The van der Waals surface area contributed by atoms with E-state index in [1.165, 1.54) is 36.2 Å². The van der Waals surface area contributed by atoms with Gasteiger partial charge in [-0.2, -0.15) is 0 Å². The first-order chi connectivity index (χ1) is 15.9. The van der Waals surface area contributed by atoms with Crippen LogP contribution in [0.1, 0.15) is 28.8 Å². The highest BCUT2D eigenvalue weighted by Gasteiger charge is 2.30. The zero-order chi connectivity index (χ0) is 23.4. The van der Waals surface area contributed by atoms with E-state index in [4.69, 9.17) is 4.74 Å². The first kappa shape index (κ1) is 22.9. The minimum Gasteiger partial charge on any atom is -0.495 e. The Balaban J connectivity index is 1.52. The lowest BCUT2D eigenvalue weighted by atomic mass is 10.0. The molecule has 1 atom stereocenters. The summed E-state index contributed by atoms with van der Waals surface area (Å²) in [6.07, 6.45) is 2.76. The van der Waals surface area contributed by atoms with Crippen molar-refractivity contribution in [3.05, 3.63) is 90.0 Å². The Morgan fingerprint density at radius 3 is 2.36 bits per heavy atom. The van der Waals surface area contributed by atoms with Gasteiger partial charge in [-0.3, -0.25) is 9.10 Å². The third kappa shape index (κ3) is 4.73. The number of para-hydroxylation sites is 2. The maximum Gasteiger partial charge on any atom is 0.264 e. The molecule has 6 nitrogen and oxygen atoms in total. The minimum absolute atomic E-state index is 0.0598. The highest BCUT2D eigenvalue weighted by Crippen LogP contribution is 2.31. The Morgan fingerprint density at radius 1 is 1.00 bits per heavy atom. The summed E-state index contributed by atoms with van der Waals surface area (Å²) in [6, 6.07) is 23.5. The lowest BCUT2D eigenvalue weighted by Gasteiger charge is -2.25. The monoisotopic (exact) mass is 464 g/mol. The number of nitrogens with zero attached hydrogens (tertiary/aromatic N) is 2. The predicted molar refractivity (Wildman–Crippen MR) is 129 cm³/mol. The molecular formula is C26H28N2O4S. The van der Waals surface area contributed by atoms with Crippen LogP contribution in [0.15, 0.2) is 83.8 Å². The molecule has 0 aliphatic carbocycles. The van der Waals surface area contributed by atoms with Crippen LogP contribution in [0.3, 0.4) is 0 Å². The second kappa shape index (κ2) is 9.67. The molecule has 0 unspecified atom stereocenters. The van der Waals surface area contributed by atoms with Crippen molar-refractivity contribution >= 4 is 21.6 Å². The molecule has 3 aromatic rings. The summed E-state index contributed by atoms with van der Waals surface area (Å²) < 4.78 is 32.8. The average Bonchev–Trinajstić information content (AvgIpc) is 3.31. The van der Waals surface area contributed by atoms with E-state index in [-0.39, 0.29) is 16.8 Å². The summed E-state index contributed by atoms with van der Waals surface area (Å²) in [6.45, 7) is 0.715. The number of likely N-dealkylation sites (tertiary alicyclic amines) is 1. The van der Waals surface area contributed by atoms with Crippen LogP contribution >= 0.6 is 0 Å². The molecule has 3 aromatic carbocycles. The Bertz CT molecular complexity index is 1210. The summed E-state index contributed by atoms with van der Waals surface area (Å²) in [5.74, 6) is 0.407. The smallest absolute Gasteiger partial charge is 0.264 e. The van der Waals surface area contributed by atoms with E-state index in [0.717, 1.165) is 19.3 Å². The maximum atomic E-state index is 13.2. The number of methoxy groups -OCH3 is 1. The SMILES string of the molecule is COc1ccccc1N(C)S(=O)(=O)c1ccc(C(=O)N2CCC[C@H]2Cc2ccccc2)cc1. The van der Waals surface area contributed by atoms with Gasteiger partial charge in [-0.05, 0) is 61.2 Å². The van der Waals surface area contributed by atoms with E-state index in [1.807, 2.05) is 23.1 Å². The summed E-state index contributed by atoms with van der Waals surface area (Å²) in [4.78, 5) is 15.2. The zero-order valence-electron chi connectivity index (χ0n) is 18.8. The number of anilines is 1. The second-order valence-electron chi connectivity index (χ2n) is 8.15.